The van der Waals surface area contributed by atoms with Gasteiger partial charge in [-0.25, -0.2) is 0 Å². The summed E-state index contributed by atoms with van der Waals surface area (Å²) in [7, 11) is 1.61. The number of nitrogens with zero attached hydrogens (tertiary/aromatic N) is 2. The molecular weight excluding hydrogens is 298 g/mol. The number of nitrogens with one attached hydrogen (secondary N) is 1. The minimum atomic E-state index is 0.470. The molecule has 1 N–H and O–H groups in total. The topological polar surface area (TPSA) is 57.9 Å². The lowest BCUT2D eigenvalue weighted by Gasteiger charge is -2.12. The van der Waals surface area contributed by atoms with Gasteiger partial charge in [0.2, 0.25) is 0 Å². The molecule has 108 valence electrons. The van der Waals surface area contributed by atoms with Crippen LogP contribution in [0.25, 0.3) is 10.9 Å². The van der Waals surface area contributed by atoms with Crippen molar-refractivity contribution in [1.82, 2.24) is 4.98 Å². The van der Waals surface area contributed by atoms with Crippen LogP contribution in [0.1, 0.15) is 5.56 Å². The summed E-state index contributed by atoms with van der Waals surface area (Å²) >= 11 is 6.01. The van der Waals surface area contributed by atoms with Crippen molar-refractivity contribution in [2.75, 3.05) is 12.4 Å². The van der Waals surface area contributed by atoms with Gasteiger partial charge in [-0.2, -0.15) is 5.26 Å². The van der Waals surface area contributed by atoms with Crippen LogP contribution < -0.4 is 10.1 Å². The summed E-state index contributed by atoms with van der Waals surface area (Å²) in [6, 6.07) is 15.1. The molecule has 0 saturated heterocycles. The number of halogens is 1. The summed E-state index contributed by atoms with van der Waals surface area (Å²) in [6.45, 7) is 0. The number of fused-ring (bicyclic) bond motifs is 1. The zero-order chi connectivity index (χ0) is 15.5. The zero-order valence-electron chi connectivity index (χ0n) is 11.8. The highest BCUT2D eigenvalue weighted by atomic mass is 35.5. The van der Waals surface area contributed by atoms with Crippen molar-refractivity contribution >= 4 is 33.9 Å². The molecule has 1 heterocycles. The first-order valence-corrected chi connectivity index (χ1v) is 6.98. The Bertz CT molecular complexity index is 887. The van der Waals surface area contributed by atoms with Crippen molar-refractivity contribution in [3.8, 4) is 11.8 Å². The third kappa shape index (κ3) is 2.67. The van der Waals surface area contributed by atoms with E-state index in [0.717, 1.165) is 22.3 Å². The van der Waals surface area contributed by atoms with Gasteiger partial charge in [0.25, 0.3) is 0 Å². The molecule has 0 amide bonds. The fourth-order valence-corrected chi connectivity index (χ4v) is 2.42. The molecule has 1 aromatic heterocycles. The number of aromatic nitrogens is 1. The fraction of sp³-hybridized carbons (Fsp3) is 0.0588. The zero-order valence-corrected chi connectivity index (χ0v) is 12.6. The first kappa shape index (κ1) is 14.2. The Hall–Kier alpha value is -2.77. The van der Waals surface area contributed by atoms with E-state index >= 15 is 0 Å². The molecule has 3 rings (SSSR count). The van der Waals surface area contributed by atoms with E-state index in [1.54, 1.807) is 25.4 Å². The number of hydrogen-bond acceptors (Lipinski definition) is 4. The van der Waals surface area contributed by atoms with Gasteiger partial charge in [0, 0.05) is 28.4 Å². The summed E-state index contributed by atoms with van der Waals surface area (Å²) in [5.74, 6) is 0.721. The number of rotatable bonds is 3. The lowest BCUT2D eigenvalue weighted by Crippen LogP contribution is -1.97. The lowest BCUT2D eigenvalue weighted by atomic mass is 10.1. The van der Waals surface area contributed by atoms with Gasteiger partial charge in [0.15, 0.2) is 0 Å². The van der Waals surface area contributed by atoms with Crippen molar-refractivity contribution in [1.29, 1.82) is 5.26 Å². The van der Waals surface area contributed by atoms with Gasteiger partial charge in [-0.05, 0) is 30.3 Å². The minimum Gasteiger partial charge on any atom is -0.497 e. The molecule has 0 atom stereocenters. The Morgan fingerprint density at radius 3 is 2.82 bits per heavy atom. The van der Waals surface area contributed by atoms with E-state index in [2.05, 4.69) is 16.4 Å². The average Bonchev–Trinajstić information content (AvgIpc) is 2.54. The van der Waals surface area contributed by atoms with Gasteiger partial charge in [-0.1, -0.05) is 17.7 Å². The molecule has 0 radical (unpaired) electrons. The molecular formula is C17H12ClN3O. The Kier molecular flexibility index (Phi) is 3.82. The third-order valence-electron chi connectivity index (χ3n) is 3.29. The highest BCUT2D eigenvalue weighted by Crippen LogP contribution is 2.31. The van der Waals surface area contributed by atoms with Crippen molar-refractivity contribution in [3.63, 3.8) is 0 Å². The van der Waals surface area contributed by atoms with Gasteiger partial charge in [-0.15, -0.1) is 0 Å². The Morgan fingerprint density at radius 2 is 2.09 bits per heavy atom. The predicted octanol–water partition coefficient (Wildman–Crippen LogP) is 4.51. The second kappa shape index (κ2) is 5.92. The van der Waals surface area contributed by atoms with Crippen LogP contribution in [0.2, 0.25) is 5.02 Å². The first-order chi connectivity index (χ1) is 10.7. The smallest absolute Gasteiger partial charge is 0.121 e. The number of methoxy groups -OCH3 is 1. The Labute approximate surface area is 132 Å². The van der Waals surface area contributed by atoms with Crippen molar-refractivity contribution in [2.45, 2.75) is 0 Å². The molecule has 3 aromatic rings. The molecule has 0 unspecified atom stereocenters. The maximum Gasteiger partial charge on any atom is 0.121 e. The van der Waals surface area contributed by atoms with Gasteiger partial charge < -0.3 is 10.1 Å². The molecule has 0 aliphatic carbocycles. The van der Waals surface area contributed by atoms with Crippen LogP contribution in [0.3, 0.4) is 0 Å². The number of ether oxygens (including phenoxy) is 1. The van der Waals surface area contributed by atoms with Crippen LogP contribution in [-0.2, 0) is 0 Å². The number of pyridine rings is 1. The van der Waals surface area contributed by atoms with Gasteiger partial charge in [-0.3, -0.25) is 4.98 Å². The molecule has 4 nitrogen and oxygen atoms in total. The molecule has 5 heteroatoms. The molecule has 2 aromatic carbocycles. The summed E-state index contributed by atoms with van der Waals surface area (Å²) in [5, 5.41) is 14.1. The maximum absolute atomic E-state index is 9.33. The van der Waals surface area contributed by atoms with E-state index in [1.165, 1.54) is 0 Å². The highest BCUT2D eigenvalue weighted by Gasteiger charge is 2.10. The van der Waals surface area contributed by atoms with Crippen LogP contribution in [0.15, 0.2) is 48.7 Å². The van der Waals surface area contributed by atoms with Crippen molar-refractivity contribution < 1.29 is 4.74 Å². The molecule has 0 aliphatic rings. The predicted molar refractivity (Wildman–Crippen MR) is 87.7 cm³/mol. The number of benzene rings is 2. The summed E-state index contributed by atoms with van der Waals surface area (Å²) in [4.78, 5) is 4.31. The average molecular weight is 310 g/mol. The van der Waals surface area contributed by atoms with Crippen molar-refractivity contribution in [3.05, 3.63) is 59.2 Å². The van der Waals surface area contributed by atoms with Crippen LogP contribution in [-0.4, -0.2) is 12.1 Å². The van der Waals surface area contributed by atoms with E-state index in [-0.39, 0.29) is 0 Å². The number of hydrogen-bond donors (Lipinski definition) is 1. The Balaban J connectivity index is 2.15. The molecule has 0 spiro atoms. The minimum absolute atomic E-state index is 0.470. The number of anilines is 2. The van der Waals surface area contributed by atoms with Crippen LogP contribution in [0, 0.1) is 11.3 Å². The molecule has 22 heavy (non-hydrogen) atoms. The third-order valence-corrected chi connectivity index (χ3v) is 3.53. The maximum atomic E-state index is 9.33. The van der Waals surface area contributed by atoms with Gasteiger partial charge in [0.1, 0.15) is 11.8 Å². The Morgan fingerprint density at radius 1 is 1.23 bits per heavy atom. The van der Waals surface area contributed by atoms with Crippen LogP contribution >= 0.6 is 11.6 Å². The van der Waals surface area contributed by atoms with E-state index < -0.39 is 0 Å². The first-order valence-electron chi connectivity index (χ1n) is 6.60. The summed E-state index contributed by atoms with van der Waals surface area (Å²) in [6.07, 6.45) is 1.55. The van der Waals surface area contributed by atoms with E-state index in [9.17, 15) is 5.26 Å². The SMILES string of the molecule is COc1ccc2c(Nc3cccc(Cl)c3)c(C#N)cnc2c1. The van der Waals surface area contributed by atoms with Gasteiger partial charge in [0.05, 0.1) is 23.9 Å². The summed E-state index contributed by atoms with van der Waals surface area (Å²) in [5.41, 5.74) is 2.74. The monoisotopic (exact) mass is 309 g/mol. The molecule has 0 saturated carbocycles. The molecule has 0 bridgehead atoms. The normalized spacial score (nSPS) is 10.2. The largest absolute Gasteiger partial charge is 0.497 e. The van der Waals surface area contributed by atoms with E-state index in [0.29, 0.717) is 16.3 Å². The fourth-order valence-electron chi connectivity index (χ4n) is 2.23. The van der Waals surface area contributed by atoms with E-state index in [1.807, 2.05) is 30.3 Å². The van der Waals surface area contributed by atoms with Crippen molar-refractivity contribution in [2.24, 2.45) is 0 Å². The van der Waals surface area contributed by atoms with Crippen LogP contribution in [0.4, 0.5) is 11.4 Å². The van der Waals surface area contributed by atoms with Gasteiger partial charge >= 0.3 is 0 Å². The highest BCUT2D eigenvalue weighted by molar-refractivity contribution is 6.30. The lowest BCUT2D eigenvalue weighted by molar-refractivity contribution is 0.415. The second-order valence-corrected chi connectivity index (χ2v) is 5.11. The molecule has 0 fully saturated rings. The second-order valence-electron chi connectivity index (χ2n) is 4.68. The summed E-state index contributed by atoms with van der Waals surface area (Å²) < 4.78 is 5.21. The van der Waals surface area contributed by atoms with E-state index in [4.69, 9.17) is 16.3 Å². The standard InChI is InChI=1S/C17H12ClN3O/c1-22-14-5-6-15-16(8-14)20-10-11(9-19)17(15)21-13-4-2-3-12(18)7-13/h2-8,10H,1H3,(H,20,21). The quantitative estimate of drug-likeness (QED) is 0.773. The van der Waals surface area contributed by atoms with Crippen LogP contribution in [0.5, 0.6) is 5.75 Å². The number of nitriles is 1. The molecule has 0 aliphatic heterocycles.